The second-order valence-electron chi connectivity index (χ2n) is 9.97. The van der Waals surface area contributed by atoms with Crippen LogP contribution in [0.3, 0.4) is 0 Å². The Kier molecular flexibility index (Phi) is 6.03. The fraction of sp³-hybridized carbons (Fsp3) is 0.263. The average molecular weight is 457 g/mol. The highest BCUT2D eigenvalue weighted by molar-refractivity contribution is 6.61. The molecule has 0 radical (unpaired) electrons. The summed E-state index contributed by atoms with van der Waals surface area (Å²) in [6, 6.07) is 9.16. The summed E-state index contributed by atoms with van der Waals surface area (Å²) in [6.07, 6.45) is 5.39. The van der Waals surface area contributed by atoms with E-state index < -0.39 is 0 Å². The molecule has 3 heterocycles. The molecule has 8 nitrogen and oxygen atoms in total. The van der Waals surface area contributed by atoms with Gasteiger partial charge in [0, 0.05) is 29.6 Å². The molecule has 1 atom stereocenters. The lowest BCUT2D eigenvalue weighted by molar-refractivity contribution is 0.211. The van der Waals surface area contributed by atoms with Crippen LogP contribution in [-0.4, -0.2) is 86.8 Å². The zero-order valence-corrected chi connectivity index (χ0v) is 20.6. The summed E-state index contributed by atoms with van der Waals surface area (Å²) in [5.74, 6) is 1.03. The maximum atomic E-state index is 13.2. The summed E-state index contributed by atoms with van der Waals surface area (Å²) in [5.41, 5.74) is 1.82. The third-order valence-corrected chi connectivity index (χ3v) is 5.93. The molecule has 1 saturated heterocycles. The standard InChI is InChI=1S/C19H25B5ClN7O/c1-11(14-8-30(10-27-14)13-4-2-12(25)3-5-13)28-16-26-7-6-15(29-16)31-9-18(20,21)32(17(31)33)19(22,23)24/h2-8,10-11H,9,20-24H2,1H3,(H,26,28,29). The molecule has 14 heteroatoms. The zero-order valence-electron chi connectivity index (χ0n) is 19.9. The van der Waals surface area contributed by atoms with E-state index in [0.29, 0.717) is 23.3 Å². The van der Waals surface area contributed by atoms with E-state index in [0.717, 1.165) is 11.4 Å². The quantitative estimate of drug-likeness (QED) is 0.441. The van der Waals surface area contributed by atoms with Crippen molar-refractivity contribution < 1.29 is 4.79 Å². The highest BCUT2D eigenvalue weighted by atomic mass is 35.5. The van der Waals surface area contributed by atoms with Crippen LogP contribution < -0.4 is 10.2 Å². The first-order valence-corrected chi connectivity index (χ1v) is 11.3. The summed E-state index contributed by atoms with van der Waals surface area (Å²) >= 11 is 5.98. The van der Waals surface area contributed by atoms with E-state index in [9.17, 15) is 4.79 Å². The first kappa shape index (κ1) is 23.4. The SMILES string of the molecule is BC(B)(B)N1C(=O)N(c2ccnc(NC(C)c3cn(-c4ccc(Cl)cc4)cn3)n2)CC1(B)B. The Morgan fingerprint density at radius 2 is 1.85 bits per heavy atom. The van der Waals surface area contributed by atoms with Gasteiger partial charge in [-0.15, -0.1) is 0 Å². The Bertz CT molecular complexity index is 1170. The van der Waals surface area contributed by atoms with Gasteiger partial charge in [-0.25, -0.2) is 14.8 Å². The predicted molar refractivity (Wildman–Crippen MR) is 145 cm³/mol. The van der Waals surface area contributed by atoms with Gasteiger partial charge >= 0.3 is 6.03 Å². The Morgan fingerprint density at radius 3 is 2.48 bits per heavy atom. The minimum atomic E-state index is -0.310. The van der Waals surface area contributed by atoms with Crippen molar-refractivity contribution in [1.29, 1.82) is 0 Å². The van der Waals surface area contributed by atoms with Crippen LogP contribution in [0.2, 0.25) is 5.02 Å². The van der Waals surface area contributed by atoms with Crippen molar-refractivity contribution in [2.45, 2.75) is 23.5 Å². The van der Waals surface area contributed by atoms with Crippen molar-refractivity contribution in [2.75, 3.05) is 16.8 Å². The number of carbonyl (C=O) groups excluding carboxylic acids is 1. The molecule has 1 N–H and O–H groups in total. The number of anilines is 2. The molecule has 164 valence electrons. The summed E-state index contributed by atoms with van der Waals surface area (Å²) < 4.78 is 1.94. The number of hydrogen-bond acceptors (Lipinski definition) is 5. The number of urea groups is 1. The van der Waals surface area contributed by atoms with Gasteiger partial charge in [0.1, 0.15) is 45.0 Å². The third-order valence-electron chi connectivity index (χ3n) is 5.68. The number of halogens is 1. The largest absolute Gasteiger partial charge is 0.350 e. The van der Waals surface area contributed by atoms with Crippen LogP contribution in [0.25, 0.3) is 5.69 Å². The van der Waals surface area contributed by atoms with Gasteiger partial charge in [0.15, 0.2) is 0 Å². The van der Waals surface area contributed by atoms with E-state index in [4.69, 9.17) is 11.6 Å². The molecule has 0 bridgehead atoms. The molecule has 0 saturated carbocycles. The van der Waals surface area contributed by atoms with Crippen molar-refractivity contribution >= 4 is 68.6 Å². The number of aromatic nitrogens is 4. The number of hydrogen-bond donors (Lipinski definition) is 1. The minimum Gasteiger partial charge on any atom is -0.350 e. The highest BCUT2D eigenvalue weighted by Crippen LogP contribution is 2.30. The zero-order chi connectivity index (χ0) is 24.0. The molecule has 3 aromatic rings. The fourth-order valence-electron chi connectivity index (χ4n) is 4.43. The monoisotopic (exact) mass is 457 g/mol. The van der Waals surface area contributed by atoms with E-state index in [1.165, 1.54) is 0 Å². The normalized spacial score (nSPS) is 16.7. The second-order valence-corrected chi connectivity index (χ2v) is 10.4. The van der Waals surface area contributed by atoms with Gasteiger partial charge in [0.05, 0.1) is 18.1 Å². The van der Waals surface area contributed by atoms with E-state index >= 15 is 0 Å². The van der Waals surface area contributed by atoms with Crippen molar-refractivity contribution in [3.8, 4) is 5.69 Å². The van der Waals surface area contributed by atoms with Crippen LogP contribution >= 0.6 is 11.6 Å². The van der Waals surface area contributed by atoms with Crippen molar-refractivity contribution in [3.05, 3.63) is 59.8 Å². The van der Waals surface area contributed by atoms with Gasteiger partial charge in [0.25, 0.3) is 0 Å². The molecule has 33 heavy (non-hydrogen) atoms. The number of rotatable bonds is 6. The van der Waals surface area contributed by atoms with Crippen LogP contribution in [0.1, 0.15) is 18.7 Å². The smallest absolute Gasteiger partial charge is 0.323 e. The Balaban J connectivity index is 1.51. The number of nitrogens with zero attached hydrogens (tertiary/aromatic N) is 6. The van der Waals surface area contributed by atoms with Gasteiger partial charge in [0.2, 0.25) is 5.95 Å². The van der Waals surface area contributed by atoms with Crippen LogP contribution in [0.4, 0.5) is 16.6 Å². The van der Waals surface area contributed by atoms with Gasteiger partial charge in [-0.3, -0.25) is 4.90 Å². The van der Waals surface area contributed by atoms with Gasteiger partial charge < -0.3 is 14.8 Å². The predicted octanol–water partition coefficient (Wildman–Crippen LogP) is -1.84. The fourth-order valence-corrected chi connectivity index (χ4v) is 4.56. The molecule has 1 aliphatic heterocycles. The maximum absolute atomic E-state index is 13.2. The van der Waals surface area contributed by atoms with E-state index in [-0.39, 0.29) is 22.6 Å². The Hall–Kier alpha value is -2.81. The third kappa shape index (κ3) is 4.78. The summed E-state index contributed by atoms with van der Waals surface area (Å²) in [5, 5.41) is 3.39. The lowest BCUT2D eigenvalue weighted by Gasteiger charge is -2.41. The van der Waals surface area contributed by atoms with Crippen molar-refractivity contribution in [1.82, 2.24) is 24.4 Å². The summed E-state index contributed by atoms with van der Waals surface area (Å²) in [7, 11) is 10.3. The van der Waals surface area contributed by atoms with Crippen molar-refractivity contribution in [3.63, 3.8) is 0 Å². The van der Waals surface area contributed by atoms with Crippen molar-refractivity contribution in [2.24, 2.45) is 0 Å². The highest BCUT2D eigenvalue weighted by Gasteiger charge is 2.48. The van der Waals surface area contributed by atoms with E-state index in [1.54, 1.807) is 23.5 Å². The lowest BCUT2D eigenvalue weighted by atomic mass is 9.45. The molecule has 0 aliphatic carbocycles. The molecular formula is C19H25B5ClN7O. The molecule has 0 spiro atoms. The molecule has 2 aromatic heterocycles. The van der Waals surface area contributed by atoms with Crippen LogP contribution in [0.15, 0.2) is 49.1 Å². The number of nitrogens with one attached hydrogen (secondary N) is 1. The maximum Gasteiger partial charge on any atom is 0.323 e. The second kappa shape index (κ2) is 8.52. The first-order valence-electron chi connectivity index (χ1n) is 11.0. The molecule has 4 rings (SSSR count). The average Bonchev–Trinajstić information content (AvgIpc) is 3.31. The molecule has 1 aromatic carbocycles. The number of benzene rings is 1. The Labute approximate surface area is 203 Å². The number of amides is 2. The number of imidazole rings is 1. The van der Waals surface area contributed by atoms with Gasteiger partial charge in [-0.05, 0) is 47.8 Å². The molecule has 1 unspecified atom stereocenters. The summed E-state index contributed by atoms with van der Waals surface area (Å²) in [4.78, 5) is 30.4. The van der Waals surface area contributed by atoms with Gasteiger partial charge in [-0.2, -0.15) is 4.98 Å². The van der Waals surface area contributed by atoms with Crippen LogP contribution in [-0.2, 0) is 0 Å². The molecular weight excluding hydrogens is 432 g/mol. The molecule has 1 fully saturated rings. The minimum absolute atomic E-state index is 0.0492. The van der Waals surface area contributed by atoms with Crippen LogP contribution in [0, 0.1) is 0 Å². The van der Waals surface area contributed by atoms with E-state index in [1.807, 2.05) is 70.4 Å². The first-order chi connectivity index (χ1) is 15.5. The molecule has 1 aliphatic rings. The van der Waals surface area contributed by atoms with Crippen LogP contribution in [0.5, 0.6) is 0 Å². The van der Waals surface area contributed by atoms with E-state index in [2.05, 4.69) is 36.0 Å². The molecule has 2 amide bonds. The summed E-state index contributed by atoms with van der Waals surface area (Å²) in [6.45, 7) is 2.55. The Morgan fingerprint density at radius 1 is 1.15 bits per heavy atom. The lowest BCUT2D eigenvalue weighted by Crippen LogP contribution is -2.62. The topological polar surface area (TPSA) is 79.2 Å². The van der Waals surface area contributed by atoms with Gasteiger partial charge in [-0.1, -0.05) is 11.6 Å². The number of carbonyl (C=O) groups is 1.